The maximum Gasteiger partial charge on any atom is 0.118 e. The van der Waals surface area contributed by atoms with Gasteiger partial charge in [0.15, 0.2) is 0 Å². The third-order valence-corrected chi connectivity index (χ3v) is 1.89. The van der Waals surface area contributed by atoms with Crippen LogP contribution in [0.4, 0.5) is 0 Å². The average Bonchev–Trinajstić information content (AvgIpc) is 2.65. The number of phenols is 1. The molecule has 0 fully saturated rings. The van der Waals surface area contributed by atoms with Gasteiger partial charge in [-0.3, -0.25) is 0 Å². The van der Waals surface area contributed by atoms with Crippen molar-refractivity contribution in [2.45, 2.75) is 6.61 Å². The van der Waals surface area contributed by atoms with Gasteiger partial charge in [-0.1, -0.05) is 12.1 Å². The van der Waals surface area contributed by atoms with Crippen LogP contribution in [-0.4, -0.2) is 25.6 Å². The minimum atomic E-state index is -0.179. The quantitative estimate of drug-likeness (QED) is 0.651. The van der Waals surface area contributed by atoms with Crippen molar-refractivity contribution in [1.82, 2.24) is 15.4 Å². The van der Waals surface area contributed by atoms with Crippen LogP contribution in [0.25, 0.3) is 11.3 Å². The van der Waals surface area contributed by atoms with Crippen LogP contribution in [-0.2, 0) is 6.61 Å². The Balaban J connectivity index is 2.49. The standard InChI is InChI=1S/C9H9N3O2/c13-5-8-9(11-12-10-8)6-2-1-3-7(14)4-6/h1-4,13-14H,5H2,(H,10,11,12). The topological polar surface area (TPSA) is 82.0 Å². The third kappa shape index (κ3) is 1.45. The fraction of sp³-hybridized carbons (Fsp3) is 0.111. The van der Waals surface area contributed by atoms with Crippen LogP contribution >= 0.6 is 0 Å². The number of phenolic OH excluding ortho intramolecular Hbond substituents is 1. The second-order valence-corrected chi connectivity index (χ2v) is 2.83. The summed E-state index contributed by atoms with van der Waals surface area (Å²) in [5.41, 5.74) is 1.75. The molecule has 0 saturated heterocycles. The summed E-state index contributed by atoms with van der Waals surface area (Å²) in [5.74, 6) is 0.161. The lowest BCUT2D eigenvalue weighted by Crippen LogP contribution is -1.87. The molecule has 1 aromatic carbocycles. The Morgan fingerprint density at radius 3 is 2.86 bits per heavy atom. The molecule has 0 bridgehead atoms. The van der Waals surface area contributed by atoms with Crippen molar-refractivity contribution >= 4 is 0 Å². The molecule has 2 aromatic rings. The van der Waals surface area contributed by atoms with Gasteiger partial charge in [-0.25, -0.2) is 0 Å². The first-order valence-corrected chi connectivity index (χ1v) is 4.11. The fourth-order valence-electron chi connectivity index (χ4n) is 1.25. The van der Waals surface area contributed by atoms with E-state index in [1.54, 1.807) is 24.3 Å². The molecule has 2 rings (SSSR count). The molecule has 3 N–H and O–H groups in total. The molecule has 5 nitrogen and oxygen atoms in total. The highest BCUT2D eigenvalue weighted by atomic mass is 16.3. The predicted molar refractivity (Wildman–Crippen MR) is 49.4 cm³/mol. The van der Waals surface area contributed by atoms with Crippen molar-refractivity contribution < 1.29 is 10.2 Å². The van der Waals surface area contributed by atoms with Crippen molar-refractivity contribution in [3.05, 3.63) is 30.0 Å². The van der Waals surface area contributed by atoms with E-state index in [1.165, 1.54) is 0 Å². The molecule has 0 aliphatic rings. The minimum absolute atomic E-state index is 0.161. The van der Waals surface area contributed by atoms with E-state index in [4.69, 9.17) is 5.11 Å². The number of hydrogen-bond donors (Lipinski definition) is 3. The zero-order valence-corrected chi connectivity index (χ0v) is 7.31. The fourth-order valence-corrected chi connectivity index (χ4v) is 1.25. The van der Waals surface area contributed by atoms with E-state index in [0.29, 0.717) is 11.4 Å². The molecule has 0 atom stereocenters. The van der Waals surface area contributed by atoms with Gasteiger partial charge in [0, 0.05) is 5.56 Å². The van der Waals surface area contributed by atoms with Gasteiger partial charge in [-0.15, -0.1) is 0 Å². The van der Waals surface area contributed by atoms with E-state index < -0.39 is 0 Å². The summed E-state index contributed by atoms with van der Waals surface area (Å²) in [6.45, 7) is -0.179. The summed E-state index contributed by atoms with van der Waals surface area (Å²) in [5, 5.41) is 28.3. The molecule has 0 amide bonds. The molecular weight excluding hydrogens is 182 g/mol. The van der Waals surface area contributed by atoms with Crippen LogP contribution in [0.2, 0.25) is 0 Å². The highest BCUT2D eigenvalue weighted by Gasteiger charge is 2.08. The molecule has 0 saturated carbocycles. The first-order chi connectivity index (χ1) is 6.81. The van der Waals surface area contributed by atoms with Crippen molar-refractivity contribution in [2.24, 2.45) is 0 Å². The van der Waals surface area contributed by atoms with E-state index in [2.05, 4.69) is 15.4 Å². The molecular formula is C9H9N3O2. The van der Waals surface area contributed by atoms with Gasteiger partial charge < -0.3 is 10.2 Å². The number of rotatable bonds is 2. The molecule has 0 spiro atoms. The zero-order valence-electron chi connectivity index (χ0n) is 7.31. The third-order valence-electron chi connectivity index (χ3n) is 1.89. The van der Waals surface area contributed by atoms with E-state index in [1.807, 2.05) is 0 Å². The van der Waals surface area contributed by atoms with E-state index in [-0.39, 0.29) is 12.4 Å². The molecule has 0 aliphatic heterocycles. The van der Waals surface area contributed by atoms with Gasteiger partial charge in [0.25, 0.3) is 0 Å². The number of hydrogen-bond acceptors (Lipinski definition) is 4. The predicted octanol–water partition coefficient (Wildman–Crippen LogP) is 0.670. The highest BCUT2D eigenvalue weighted by Crippen LogP contribution is 2.22. The van der Waals surface area contributed by atoms with E-state index >= 15 is 0 Å². The number of aliphatic hydroxyl groups excluding tert-OH is 1. The van der Waals surface area contributed by atoms with E-state index in [0.717, 1.165) is 5.56 Å². The summed E-state index contributed by atoms with van der Waals surface area (Å²) in [6, 6.07) is 6.64. The maximum absolute atomic E-state index is 9.25. The number of aliphatic hydroxyl groups is 1. The highest BCUT2D eigenvalue weighted by molar-refractivity contribution is 5.62. The average molecular weight is 191 g/mol. The Labute approximate surface area is 80.0 Å². The number of aromatic nitrogens is 3. The Morgan fingerprint density at radius 1 is 1.29 bits per heavy atom. The molecule has 14 heavy (non-hydrogen) atoms. The first kappa shape index (κ1) is 8.71. The van der Waals surface area contributed by atoms with Gasteiger partial charge in [-0.05, 0) is 12.1 Å². The molecule has 1 aromatic heterocycles. The Bertz CT molecular complexity index is 439. The second-order valence-electron chi connectivity index (χ2n) is 2.83. The van der Waals surface area contributed by atoms with Crippen LogP contribution in [0.15, 0.2) is 24.3 Å². The van der Waals surface area contributed by atoms with Crippen LogP contribution in [0, 0.1) is 0 Å². The van der Waals surface area contributed by atoms with Gasteiger partial charge in [0.2, 0.25) is 0 Å². The van der Waals surface area contributed by atoms with E-state index in [9.17, 15) is 5.11 Å². The van der Waals surface area contributed by atoms with Crippen molar-refractivity contribution in [3.63, 3.8) is 0 Å². The van der Waals surface area contributed by atoms with Gasteiger partial charge in [-0.2, -0.15) is 15.4 Å². The molecule has 72 valence electrons. The van der Waals surface area contributed by atoms with Crippen molar-refractivity contribution in [1.29, 1.82) is 0 Å². The normalized spacial score (nSPS) is 10.4. The largest absolute Gasteiger partial charge is 0.508 e. The summed E-state index contributed by atoms with van der Waals surface area (Å²) < 4.78 is 0. The number of benzene rings is 1. The lowest BCUT2D eigenvalue weighted by Gasteiger charge is -1.98. The SMILES string of the molecule is OCc1n[nH]nc1-c1cccc(O)c1. The van der Waals surface area contributed by atoms with Crippen LogP contribution in [0.5, 0.6) is 5.75 Å². The molecule has 0 radical (unpaired) electrons. The molecule has 5 heteroatoms. The van der Waals surface area contributed by atoms with Gasteiger partial charge >= 0.3 is 0 Å². The zero-order chi connectivity index (χ0) is 9.97. The number of aromatic amines is 1. The monoisotopic (exact) mass is 191 g/mol. The Kier molecular flexibility index (Phi) is 2.16. The Morgan fingerprint density at radius 2 is 2.14 bits per heavy atom. The van der Waals surface area contributed by atoms with Gasteiger partial charge in [0.05, 0.1) is 6.61 Å². The first-order valence-electron chi connectivity index (χ1n) is 4.11. The van der Waals surface area contributed by atoms with Crippen LogP contribution in [0.3, 0.4) is 0 Å². The molecule has 1 heterocycles. The van der Waals surface area contributed by atoms with Crippen LogP contribution in [0.1, 0.15) is 5.69 Å². The summed E-state index contributed by atoms with van der Waals surface area (Å²) in [4.78, 5) is 0. The summed E-state index contributed by atoms with van der Waals surface area (Å²) in [7, 11) is 0. The lowest BCUT2D eigenvalue weighted by molar-refractivity contribution is 0.277. The second kappa shape index (κ2) is 3.47. The number of H-pyrrole nitrogens is 1. The van der Waals surface area contributed by atoms with Crippen molar-refractivity contribution in [3.8, 4) is 17.0 Å². The van der Waals surface area contributed by atoms with Crippen molar-refractivity contribution in [2.75, 3.05) is 0 Å². The number of nitrogens with zero attached hydrogens (tertiary/aromatic N) is 2. The smallest absolute Gasteiger partial charge is 0.118 e. The maximum atomic E-state index is 9.25. The molecule has 0 aliphatic carbocycles. The van der Waals surface area contributed by atoms with Crippen LogP contribution < -0.4 is 0 Å². The minimum Gasteiger partial charge on any atom is -0.508 e. The number of aromatic hydroxyl groups is 1. The summed E-state index contributed by atoms with van der Waals surface area (Å²) >= 11 is 0. The lowest BCUT2D eigenvalue weighted by atomic mass is 10.1. The Hall–Kier alpha value is -1.88. The summed E-state index contributed by atoms with van der Waals surface area (Å²) in [6.07, 6.45) is 0. The number of nitrogens with one attached hydrogen (secondary N) is 1. The van der Waals surface area contributed by atoms with Gasteiger partial charge in [0.1, 0.15) is 17.1 Å². The molecule has 0 unspecified atom stereocenters.